The molecule has 10 nitrogen and oxygen atoms in total. The van der Waals surface area contributed by atoms with Gasteiger partial charge >= 0.3 is 5.97 Å². The molecule has 0 radical (unpaired) electrons. The van der Waals surface area contributed by atoms with Crippen LogP contribution in [0.3, 0.4) is 0 Å². The summed E-state index contributed by atoms with van der Waals surface area (Å²) in [6, 6.07) is 16.9. The third kappa shape index (κ3) is 8.73. The van der Waals surface area contributed by atoms with Crippen LogP contribution in [-0.2, 0) is 30.4 Å². The van der Waals surface area contributed by atoms with Gasteiger partial charge in [-0.15, -0.1) is 0 Å². The highest BCUT2D eigenvalue weighted by Gasteiger charge is 2.42. The minimum atomic E-state index is -0.844. The predicted molar refractivity (Wildman–Crippen MR) is 160 cm³/mol. The molecule has 0 bridgehead atoms. The number of fused-ring (bicyclic) bond motifs is 1. The molecule has 2 aliphatic rings. The summed E-state index contributed by atoms with van der Waals surface area (Å²) in [5, 5.41) is 19.1. The fraction of sp³-hybridized carbons (Fsp3) is 0.310. The van der Waals surface area contributed by atoms with E-state index in [4.69, 9.17) is 27.2 Å². The lowest BCUT2D eigenvalue weighted by Gasteiger charge is -2.17. The zero-order chi connectivity index (χ0) is 29.9. The Morgan fingerprint density at radius 2 is 1.56 bits per heavy atom. The van der Waals surface area contributed by atoms with Gasteiger partial charge in [0.2, 0.25) is 5.91 Å². The van der Waals surface area contributed by atoms with Crippen LogP contribution < -0.4 is 10.2 Å². The van der Waals surface area contributed by atoms with Gasteiger partial charge in [-0.05, 0) is 30.9 Å². The van der Waals surface area contributed by atoms with Gasteiger partial charge in [0.25, 0.3) is 17.8 Å². The number of nitrogens with one attached hydrogen (secondary N) is 1. The van der Waals surface area contributed by atoms with Crippen LogP contribution in [0.2, 0.25) is 0 Å². The fourth-order valence-corrected chi connectivity index (χ4v) is 5.69. The van der Waals surface area contributed by atoms with Crippen molar-refractivity contribution < 1.29 is 34.2 Å². The molecule has 0 spiro atoms. The Morgan fingerprint density at radius 1 is 0.902 bits per heavy atom. The van der Waals surface area contributed by atoms with E-state index in [-0.39, 0.29) is 35.3 Å². The Kier molecular flexibility index (Phi) is 11.6. The number of thioether (sulfide) groups is 1. The molecule has 3 amide bonds. The molecule has 0 saturated carbocycles. The van der Waals surface area contributed by atoms with Gasteiger partial charge in [0, 0.05) is 32.0 Å². The van der Waals surface area contributed by atoms with Crippen molar-refractivity contribution in [3.8, 4) is 0 Å². The summed E-state index contributed by atoms with van der Waals surface area (Å²) in [6.07, 6.45) is 2.57. The number of carboxylic acid groups (broad SMARTS) is 2. The van der Waals surface area contributed by atoms with Crippen LogP contribution in [0.4, 0.5) is 5.69 Å². The third-order valence-electron chi connectivity index (χ3n) is 6.15. The van der Waals surface area contributed by atoms with Crippen molar-refractivity contribution in [1.29, 1.82) is 0 Å². The summed E-state index contributed by atoms with van der Waals surface area (Å²) < 4.78 is 0.369. The van der Waals surface area contributed by atoms with Crippen molar-refractivity contribution in [2.24, 2.45) is 0 Å². The van der Waals surface area contributed by atoms with Crippen LogP contribution in [0, 0.1) is 0 Å². The Hall–Kier alpha value is -4.03. The van der Waals surface area contributed by atoms with E-state index in [1.807, 2.05) is 30.3 Å². The minimum Gasteiger partial charge on any atom is -0.481 e. The van der Waals surface area contributed by atoms with Gasteiger partial charge in [-0.2, -0.15) is 0 Å². The van der Waals surface area contributed by atoms with Crippen LogP contribution in [-0.4, -0.2) is 68.7 Å². The normalized spacial score (nSPS) is 15.9. The number of carbonyl (C=O) groups excluding carboxylic acids is 3. The molecule has 3 N–H and O–H groups in total. The van der Waals surface area contributed by atoms with E-state index in [1.54, 1.807) is 24.3 Å². The van der Waals surface area contributed by atoms with Crippen molar-refractivity contribution in [2.75, 3.05) is 24.5 Å². The summed E-state index contributed by atoms with van der Waals surface area (Å²) in [6.45, 7) is 1.74. The number of thiocarbonyl (C=S) groups is 1. The molecule has 2 aromatic carbocycles. The van der Waals surface area contributed by atoms with Gasteiger partial charge < -0.3 is 15.5 Å². The first kappa shape index (κ1) is 31.5. The van der Waals surface area contributed by atoms with Crippen molar-refractivity contribution >= 4 is 69.2 Å². The molecule has 1 saturated heterocycles. The number of unbranched alkanes of at least 4 members (excludes halogenated alkanes) is 2. The van der Waals surface area contributed by atoms with E-state index in [0.29, 0.717) is 54.3 Å². The van der Waals surface area contributed by atoms with Crippen LogP contribution in [0.1, 0.15) is 43.7 Å². The standard InChI is InChI=1S/C27H27N3O5S2.C2H4O2/c31-21(28-15-14-18-9-3-1-4-10-18)17-30-20-12-7-6-11-19(20)23(25(30)34)24-26(35)29(27(36)37-24)16-8-2-5-13-22(32)33;1-2(3)4/h1,3-4,6-7,9-12H,2,5,8,13-17H2,(H,28,31)(H,32,33);1H3,(H,3,4). The highest BCUT2D eigenvalue weighted by Crippen LogP contribution is 2.44. The van der Waals surface area contributed by atoms with E-state index < -0.39 is 17.8 Å². The maximum atomic E-state index is 13.5. The molecule has 41 heavy (non-hydrogen) atoms. The molecule has 0 aliphatic carbocycles. The van der Waals surface area contributed by atoms with Crippen LogP contribution in [0.5, 0.6) is 0 Å². The number of carbonyl (C=O) groups is 5. The molecule has 0 aromatic heterocycles. The second kappa shape index (κ2) is 15.1. The van der Waals surface area contributed by atoms with Gasteiger partial charge in [0.1, 0.15) is 10.9 Å². The molecule has 2 aliphatic heterocycles. The van der Waals surface area contributed by atoms with Gasteiger partial charge in [0.05, 0.1) is 16.2 Å². The van der Waals surface area contributed by atoms with E-state index in [1.165, 1.54) is 9.80 Å². The lowest BCUT2D eigenvalue weighted by molar-refractivity contribution is -0.137. The van der Waals surface area contributed by atoms with E-state index in [2.05, 4.69) is 5.32 Å². The first-order chi connectivity index (χ1) is 19.6. The van der Waals surface area contributed by atoms with Gasteiger partial charge in [-0.1, -0.05) is 78.9 Å². The first-order valence-electron chi connectivity index (χ1n) is 13.0. The number of rotatable bonds is 11. The quantitative estimate of drug-likeness (QED) is 0.201. The molecular weight excluding hydrogens is 566 g/mol. The average molecular weight is 598 g/mol. The number of benzene rings is 2. The summed E-state index contributed by atoms with van der Waals surface area (Å²) in [7, 11) is 0. The molecule has 0 unspecified atom stereocenters. The molecule has 2 heterocycles. The first-order valence-corrected chi connectivity index (χ1v) is 14.2. The van der Waals surface area contributed by atoms with E-state index >= 15 is 0 Å². The third-order valence-corrected chi connectivity index (χ3v) is 7.60. The topological polar surface area (TPSA) is 144 Å². The molecule has 0 atom stereocenters. The number of hydrogen-bond donors (Lipinski definition) is 3. The maximum Gasteiger partial charge on any atom is 0.303 e. The Labute approximate surface area is 247 Å². The van der Waals surface area contributed by atoms with Gasteiger partial charge in [0.15, 0.2) is 0 Å². The summed E-state index contributed by atoms with van der Waals surface area (Å²) in [5.41, 5.74) is 2.56. The molecule has 216 valence electrons. The number of anilines is 1. The predicted octanol–water partition coefficient (Wildman–Crippen LogP) is 3.70. The lowest BCUT2D eigenvalue weighted by Crippen LogP contribution is -2.39. The number of carboxylic acids is 2. The summed E-state index contributed by atoms with van der Waals surface area (Å²) >= 11 is 6.52. The molecule has 12 heteroatoms. The van der Waals surface area contributed by atoms with Gasteiger partial charge in [-0.3, -0.25) is 33.8 Å². The van der Waals surface area contributed by atoms with Crippen molar-refractivity contribution in [3.63, 3.8) is 0 Å². The maximum absolute atomic E-state index is 13.5. The molecular formula is C29H31N3O7S2. The minimum absolute atomic E-state index is 0.0867. The largest absolute Gasteiger partial charge is 0.481 e. The second-order valence-electron chi connectivity index (χ2n) is 9.25. The fourth-order valence-electron chi connectivity index (χ4n) is 4.31. The Morgan fingerprint density at radius 3 is 2.24 bits per heavy atom. The smallest absolute Gasteiger partial charge is 0.303 e. The highest BCUT2D eigenvalue weighted by molar-refractivity contribution is 8.26. The van der Waals surface area contributed by atoms with Crippen LogP contribution in [0.25, 0.3) is 5.57 Å². The van der Waals surface area contributed by atoms with Crippen LogP contribution in [0.15, 0.2) is 59.5 Å². The monoisotopic (exact) mass is 597 g/mol. The lowest BCUT2D eigenvalue weighted by atomic mass is 10.1. The van der Waals surface area contributed by atoms with Crippen molar-refractivity contribution in [3.05, 3.63) is 70.6 Å². The Bertz CT molecular complexity index is 1360. The van der Waals surface area contributed by atoms with E-state index in [9.17, 15) is 19.2 Å². The SMILES string of the molecule is CC(=O)O.O=C(O)CCCCCN1C(=O)C(=C2C(=O)N(CC(=O)NCCc3ccccc3)c3ccccc32)SC1=S. The zero-order valence-electron chi connectivity index (χ0n) is 22.5. The van der Waals surface area contributed by atoms with Crippen molar-refractivity contribution in [2.45, 2.75) is 39.0 Å². The number of hydrogen-bond acceptors (Lipinski definition) is 7. The number of aliphatic carboxylic acids is 2. The zero-order valence-corrected chi connectivity index (χ0v) is 24.1. The Balaban J connectivity index is 0.00000108. The van der Waals surface area contributed by atoms with Crippen molar-refractivity contribution in [1.82, 2.24) is 10.2 Å². The number of nitrogens with zero attached hydrogens (tertiary/aromatic N) is 2. The number of para-hydroxylation sites is 1. The summed E-state index contributed by atoms with van der Waals surface area (Å²) in [5.74, 6) is -2.70. The second-order valence-corrected chi connectivity index (χ2v) is 10.9. The van der Waals surface area contributed by atoms with Crippen LogP contribution >= 0.6 is 24.0 Å². The molecule has 4 rings (SSSR count). The summed E-state index contributed by atoms with van der Waals surface area (Å²) in [4.78, 5) is 62.3. The highest BCUT2D eigenvalue weighted by atomic mass is 32.2. The average Bonchev–Trinajstić information content (AvgIpc) is 3.35. The van der Waals surface area contributed by atoms with Gasteiger partial charge in [-0.25, -0.2) is 0 Å². The number of amides is 3. The molecule has 1 fully saturated rings. The van der Waals surface area contributed by atoms with E-state index in [0.717, 1.165) is 24.2 Å². The molecule has 2 aromatic rings.